The van der Waals surface area contributed by atoms with E-state index in [4.69, 9.17) is 30.1 Å². The molecule has 0 spiro atoms. The minimum absolute atomic E-state index is 0.00806. The van der Waals surface area contributed by atoms with Gasteiger partial charge in [0.2, 0.25) is 41.3 Å². The predicted octanol–water partition coefficient (Wildman–Crippen LogP) is 8.72. The van der Waals surface area contributed by atoms with Gasteiger partial charge in [0.25, 0.3) is 5.95 Å². The molecule has 14 rings (SSSR count). The molecule has 3 aromatic carbocycles. The number of fused-ring (bicyclic) bond motifs is 8. The average molecular weight is 1900 g/mol. The predicted molar refractivity (Wildman–Crippen MR) is 522 cm³/mol. The van der Waals surface area contributed by atoms with Gasteiger partial charge in [-0.3, -0.25) is 29.5 Å². The fraction of sp³-hybridized carbons (Fsp3) is 0.444. The fourth-order valence-electron chi connectivity index (χ4n) is 19.6. The molecule has 728 valence electrons. The number of aliphatic hydroxyl groups excluding tert-OH is 11. The second-order valence-electron chi connectivity index (χ2n) is 36.1. The normalized spacial score (nSPS) is 20.2. The zero-order valence-electron chi connectivity index (χ0n) is 77.8. The number of allylic oxidation sites excluding steroid dienone is 12. The molecule has 1 aliphatic carbocycles. The standard InChI is InChI=1S/C99H115N17O22/c1-9-54-47(5)66-37-68-49(7)56(86(110-68)63-36-75(118)83-50(8)69(111-87(63)83)39-71-55(10-2)48(6)67(106-71)38-70(54)105-66)24-26-76(119)102-42-77(120)108-73(41-82(127)128)97(134)112-65(25-27-80(123)124)96(133)114-85(46(3)4)98(135)113-72(40-81(125)126)94(131)103-44-79(122)109-74(45-117)95(132)104-43-78(121)107-64(92(100)129)21-11-12-28-101-93(130)53-22-23-57(60(35-53)99(136)137)84-61-33-51-17-13-29-115-31-15-19-58(88(51)115)90(61)138-91-59-20-16-32-116-30-14-18-52(89(59)116)34-62(84)91/h9,22-23,33-35,37-39,46,49,56,64-65,72-74,85,117H,1,10-21,24-32,36,40-45H2,2-8H3,(H17,100,101,102,103,104,107,108,109,112,113,114,119,120,121,122,123,124,125,126,127,128,129,130,131,132,133,134,135,136,137)/p+1/t49?,56?,64?,65-,72-,73-,74-,85-/m0/s1. The number of unbranched alkanes of at least 4 members (excludes halogenated alkanes) is 1. The Hall–Kier alpha value is -14.6. The van der Waals surface area contributed by atoms with Gasteiger partial charge in [-0.2, -0.15) is 0 Å². The van der Waals surface area contributed by atoms with Crippen LogP contribution in [-0.2, 0) is 49.7 Å². The van der Waals surface area contributed by atoms with Crippen molar-refractivity contribution in [2.45, 2.75) is 207 Å². The van der Waals surface area contributed by atoms with Crippen molar-refractivity contribution < 1.29 is 121 Å². The van der Waals surface area contributed by atoms with Crippen LogP contribution in [0, 0.1) is 17.8 Å². The molecule has 10 aliphatic heterocycles. The van der Waals surface area contributed by atoms with Gasteiger partial charge in [0.1, 0.15) is 48.8 Å². The maximum absolute atomic E-state index is 14.0. The summed E-state index contributed by atoms with van der Waals surface area (Å²) in [5.74, 6) is -15.9. The third kappa shape index (κ3) is 21.6. The second-order valence-corrected chi connectivity index (χ2v) is 36.1. The van der Waals surface area contributed by atoms with Crippen LogP contribution >= 0.6 is 0 Å². The van der Waals surface area contributed by atoms with Crippen LogP contribution in [0.15, 0.2) is 183 Å². The van der Waals surface area contributed by atoms with Gasteiger partial charge in [0.15, 0.2) is 23.8 Å². The zero-order chi connectivity index (χ0) is 99.1. The third-order valence-electron chi connectivity index (χ3n) is 26.5. The van der Waals surface area contributed by atoms with Crippen LogP contribution in [0.3, 0.4) is 0 Å². The summed E-state index contributed by atoms with van der Waals surface area (Å²) >= 11 is 0. The van der Waals surface area contributed by atoms with E-state index in [1.165, 1.54) is 47.7 Å². The number of hydrogen-bond donors (Lipinski definition) is 17. The number of aliphatic carboxylic acids is 3. The van der Waals surface area contributed by atoms with Crippen molar-refractivity contribution >= 4 is 134 Å². The van der Waals surface area contributed by atoms with Crippen LogP contribution in [0.4, 0.5) is 11.4 Å². The molecule has 138 heavy (non-hydrogen) atoms. The van der Waals surface area contributed by atoms with Crippen LogP contribution in [0.1, 0.15) is 189 Å². The molecular formula is C99H116N17O22+. The Morgan fingerprint density at radius 3 is 1.77 bits per heavy atom. The number of Topliss-reactive ketones (excluding diaryl/α,β-unsaturated/α-hetero) is 1. The maximum Gasteiger partial charge on any atom is 0.356 e. The molecule has 2 amide bonds. The van der Waals surface area contributed by atoms with Gasteiger partial charge in [-0.1, -0.05) is 53.0 Å². The Kier molecular flexibility index (Phi) is 30.8. The highest BCUT2D eigenvalue weighted by Crippen LogP contribution is 2.55. The average Bonchev–Trinajstić information content (AvgIpc) is 0.930. The molecule has 1 fully saturated rings. The number of carbonyl (C=O) groups excluding carboxylic acids is 3. The SMILES string of the molecule is C=CC1=C(C)C2=CC3=NC(=C4CC(=O)C5=C(C)C(=CC6=NC(=CC1=N2)C(C)=C6CC)N=C45)C(CCC(=O)[N-]CC(O)=N[C@@H](CC(=O)O)C(O)=N[C@@H](CCC(=O)O)C(O)=N[C@H](C(O)=N[C@@H](CC(=O)O)C(O)=NCC(O)=N[C@@H](CO)C(O)=NCC(O)=NC(CCCC[NH2+]C(=O)c1ccc(=C2c4cc5c6c(c4Oc4c2cc2c7c4CCCN7CCC2)CCCN6CCC5)c(=C(O)O)c1)C(=[NH2+])O)C(C)C)C3C. The quantitative estimate of drug-likeness (QED) is 0.0113. The van der Waals surface area contributed by atoms with Gasteiger partial charge in [0, 0.05) is 112 Å². The van der Waals surface area contributed by atoms with Crippen LogP contribution in [0.5, 0.6) is 11.5 Å². The topological polar surface area (TPSA) is 626 Å². The zero-order valence-corrected chi connectivity index (χ0v) is 77.8. The number of nitrogens with two attached hydrogens (primary N) is 2. The summed E-state index contributed by atoms with van der Waals surface area (Å²) in [5, 5.41) is 174. The monoisotopic (exact) mass is 1890 g/mol. The Balaban J connectivity index is 0.592. The Morgan fingerprint density at radius 2 is 1.18 bits per heavy atom. The van der Waals surface area contributed by atoms with Gasteiger partial charge in [0.05, 0.1) is 82.6 Å². The molecule has 39 heteroatoms. The van der Waals surface area contributed by atoms with E-state index in [0.717, 1.165) is 145 Å². The summed E-state index contributed by atoms with van der Waals surface area (Å²) in [6.07, 6.45) is 12.6. The minimum atomic E-state index is -1.98. The smallest absolute Gasteiger partial charge is 0.356 e. The summed E-state index contributed by atoms with van der Waals surface area (Å²) in [6, 6.07) is -1.08. The van der Waals surface area contributed by atoms with E-state index in [2.05, 4.69) is 73.8 Å². The van der Waals surface area contributed by atoms with E-state index in [1.807, 2.05) is 52.8 Å². The molecule has 11 aliphatic rings. The van der Waals surface area contributed by atoms with E-state index in [1.54, 1.807) is 18.2 Å². The molecule has 3 aromatic rings. The highest BCUT2D eigenvalue weighted by Gasteiger charge is 2.45. The first-order valence-electron chi connectivity index (χ1n) is 46.5. The highest BCUT2D eigenvalue weighted by atomic mass is 16.5. The van der Waals surface area contributed by atoms with Crippen molar-refractivity contribution in [3.63, 3.8) is 0 Å². The van der Waals surface area contributed by atoms with Crippen LogP contribution in [0.25, 0.3) is 16.8 Å². The second kappa shape index (κ2) is 42.7. The van der Waals surface area contributed by atoms with Crippen molar-refractivity contribution in [1.82, 2.24) is 0 Å². The van der Waals surface area contributed by atoms with Crippen molar-refractivity contribution in [3.05, 3.63) is 178 Å². The number of aryl methyl sites for hydroxylation is 2. The van der Waals surface area contributed by atoms with Crippen molar-refractivity contribution in [2.75, 3.05) is 68.8 Å². The number of carboxylic acid groups (broad SMARTS) is 3. The Morgan fingerprint density at radius 1 is 0.616 bits per heavy atom. The van der Waals surface area contributed by atoms with Crippen molar-refractivity contribution in [1.29, 1.82) is 0 Å². The van der Waals surface area contributed by atoms with E-state index >= 15 is 0 Å². The summed E-state index contributed by atoms with van der Waals surface area (Å²) in [7, 11) is 0. The first-order chi connectivity index (χ1) is 65.9. The summed E-state index contributed by atoms with van der Waals surface area (Å²) in [4.78, 5) is 134. The number of aliphatic hydroxyl groups is 12. The number of quaternary nitrogens is 1. The molecule has 0 aromatic heterocycles. The molecule has 1 saturated carbocycles. The molecule has 10 heterocycles. The summed E-state index contributed by atoms with van der Waals surface area (Å²) in [5.41, 5.74) is 20.5. The summed E-state index contributed by atoms with van der Waals surface area (Å²) in [6.45, 7) is 17.2. The number of amides is 2. The maximum atomic E-state index is 14.0. The third-order valence-corrected chi connectivity index (χ3v) is 26.5. The molecule has 39 nitrogen and oxygen atoms in total. The number of nitrogens with zero attached hydrogens (tertiary/aromatic N) is 15. The van der Waals surface area contributed by atoms with Gasteiger partial charge in [-0.05, 0) is 204 Å². The summed E-state index contributed by atoms with van der Waals surface area (Å²) < 4.78 is 7.18. The Labute approximate surface area is 793 Å². The lowest BCUT2D eigenvalue weighted by Crippen LogP contribution is -2.88. The molecule has 8 atom stereocenters. The highest BCUT2D eigenvalue weighted by molar-refractivity contribution is 6.38. The lowest BCUT2D eigenvalue weighted by molar-refractivity contribution is -0.555. The lowest BCUT2D eigenvalue weighted by Gasteiger charge is -2.41. The number of carbonyl (C=O) groups is 6. The van der Waals surface area contributed by atoms with Gasteiger partial charge in [-0.15, -0.1) is 0 Å². The van der Waals surface area contributed by atoms with Gasteiger partial charge >= 0.3 is 29.7 Å². The number of ketones is 1. The number of carboxylic acids is 3. The van der Waals surface area contributed by atoms with Crippen LogP contribution in [-0.4, -0.2) is 283 Å². The number of aliphatic imine (C=N–C) groups is 12. The van der Waals surface area contributed by atoms with Gasteiger partial charge in [-0.25, -0.2) is 65.1 Å². The fourth-order valence-corrected chi connectivity index (χ4v) is 19.6. The largest absolute Gasteiger partial charge is 0.646 e. The molecule has 8 bridgehead atoms. The molecule has 0 radical (unpaired) electrons. The molecule has 3 unspecified atom stereocenters. The number of benzene rings is 3. The van der Waals surface area contributed by atoms with Crippen molar-refractivity contribution in [3.8, 4) is 11.5 Å². The molecule has 0 saturated heterocycles. The van der Waals surface area contributed by atoms with Crippen molar-refractivity contribution in [2.24, 2.45) is 77.7 Å². The van der Waals surface area contributed by atoms with Crippen LogP contribution in [0.2, 0.25) is 0 Å². The number of primary amides is 1. The minimum Gasteiger partial charge on any atom is -0.646 e. The number of rotatable bonds is 38. The van der Waals surface area contributed by atoms with Crippen LogP contribution < -0.4 is 35.7 Å². The Bertz CT molecular complexity index is 6290. The first-order valence-corrected chi connectivity index (χ1v) is 46.5. The van der Waals surface area contributed by atoms with E-state index < -0.39 is 183 Å². The lowest BCUT2D eigenvalue weighted by atomic mass is 9.80. The molecule has 19 N–H and O–H groups in total. The molecular weight excluding hydrogens is 1780 g/mol. The van der Waals surface area contributed by atoms with Gasteiger partial charge < -0.3 is 101 Å². The van der Waals surface area contributed by atoms with E-state index in [0.29, 0.717) is 81.1 Å². The van der Waals surface area contributed by atoms with E-state index in [9.17, 15) is 105 Å². The van der Waals surface area contributed by atoms with E-state index in [-0.39, 0.29) is 60.6 Å². The first kappa shape index (κ1) is 99.3. The number of ether oxygens (including phenoxy) is 1. The number of anilines is 2. The number of hydrogen-bond acceptors (Lipinski definition) is 24.